The van der Waals surface area contributed by atoms with Crippen LogP contribution in [0.15, 0.2) is 0 Å². The van der Waals surface area contributed by atoms with Gasteiger partial charge in [0.25, 0.3) is 0 Å². The number of aliphatic hydroxyl groups is 1. The van der Waals surface area contributed by atoms with Crippen molar-refractivity contribution in [2.24, 2.45) is 5.41 Å². The van der Waals surface area contributed by atoms with Gasteiger partial charge in [-0.05, 0) is 33.2 Å². The highest BCUT2D eigenvalue weighted by molar-refractivity contribution is 5.82. The first-order chi connectivity index (χ1) is 5.99. The van der Waals surface area contributed by atoms with E-state index < -0.39 is 0 Å². The summed E-state index contributed by atoms with van der Waals surface area (Å²) < 4.78 is 0. The molecule has 3 heteroatoms. The number of hydrogen-bond acceptors (Lipinski definition) is 3. The molecule has 0 amide bonds. The molecule has 1 aliphatic rings. The van der Waals surface area contributed by atoms with E-state index >= 15 is 0 Å². The standard InChI is InChI=1S/C10H19NO2/c1-7(12)10(2)5-4-8(11-3)9(13)6-10/h8-9,11,13H,4-6H2,1-3H3. The van der Waals surface area contributed by atoms with Crippen molar-refractivity contribution < 1.29 is 9.90 Å². The van der Waals surface area contributed by atoms with Gasteiger partial charge in [-0.2, -0.15) is 0 Å². The number of hydrogen-bond donors (Lipinski definition) is 2. The van der Waals surface area contributed by atoms with Crippen LogP contribution < -0.4 is 5.32 Å². The zero-order valence-corrected chi connectivity index (χ0v) is 8.63. The van der Waals surface area contributed by atoms with Gasteiger partial charge in [-0.3, -0.25) is 4.79 Å². The monoisotopic (exact) mass is 185 g/mol. The number of carbonyl (C=O) groups is 1. The third-order valence-corrected chi connectivity index (χ3v) is 3.35. The van der Waals surface area contributed by atoms with Crippen LogP contribution in [-0.2, 0) is 4.79 Å². The summed E-state index contributed by atoms with van der Waals surface area (Å²) in [5, 5.41) is 12.8. The van der Waals surface area contributed by atoms with Gasteiger partial charge in [0.2, 0.25) is 0 Å². The Morgan fingerprint density at radius 3 is 2.62 bits per heavy atom. The minimum atomic E-state index is -0.382. The van der Waals surface area contributed by atoms with Crippen LogP contribution in [0.4, 0.5) is 0 Å². The Morgan fingerprint density at radius 2 is 2.23 bits per heavy atom. The van der Waals surface area contributed by atoms with E-state index in [0.29, 0.717) is 6.42 Å². The second-order valence-electron chi connectivity index (χ2n) is 4.32. The van der Waals surface area contributed by atoms with Crippen molar-refractivity contribution in [3.63, 3.8) is 0 Å². The lowest BCUT2D eigenvalue weighted by molar-refractivity contribution is -0.130. The van der Waals surface area contributed by atoms with Gasteiger partial charge in [-0.15, -0.1) is 0 Å². The molecular weight excluding hydrogens is 166 g/mol. The average molecular weight is 185 g/mol. The van der Waals surface area contributed by atoms with E-state index in [2.05, 4.69) is 5.32 Å². The van der Waals surface area contributed by atoms with Gasteiger partial charge >= 0.3 is 0 Å². The number of ketones is 1. The van der Waals surface area contributed by atoms with Crippen molar-refractivity contribution in [1.29, 1.82) is 0 Å². The largest absolute Gasteiger partial charge is 0.391 e. The molecule has 0 saturated heterocycles. The zero-order chi connectivity index (χ0) is 10.1. The summed E-state index contributed by atoms with van der Waals surface area (Å²) in [6, 6.07) is 0.160. The lowest BCUT2D eigenvalue weighted by atomic mass is 9.70. The summed E-state index contributed by atoms with van der Waals surface area (Å²) in [4.78, 5) is 11.3. The third kappa shape index (κ3) is 2.09. The predicted molar refractivity (Wildman–Crippen MR) is 51.5 cm³/mol. The summed E-state index contributed by atoms with van der Waals surface area (Å²) >= 11 is 0. The second kappa shape index (κ2) is 3.76. The molecule has 0 aromatic carbocycles. The van der Waals surface area contributed by atoms with Crippen molar-refractivity contribution in [3.05, 3.63) is 0 Å². The summed E-state index contributed by atoms with van der Waals surface area (Å²) in [5.41, 5.74) is -0.299. The van der Waals surface area contributed by atoms with E-state index in [9.17, 15) is 9.90 Å². The first-order valence-corrected chi connectivity index (χ1v) is 4.86. The fourth-order valence-corrected chi connectivity index (χ4v) is 2.03. The molecule has 0 aromatic heterocycles. The van der Waals surface area contributed by atoms with Gasteiger partial charge in [0.05, 0.1) is 6.10 Å². The number of Topliss-reactive ketones (excluding diaryl/α,β-unsaturated/α-hetero) is 1. The Balaban J connectivity index is 2.64. The quantitative estimate of drug-likeness (QED) is 0.666. The molecule has 0 heterocycles. The maximum absolute atomic E-state index is 11.3. The van der Waals surface area contributed by atoms with Crippen LogP contribution in [0, 0.1) is 5.41 Å². The number of likely N-dealkylation sites (N-methyl/N-ethyl adjacent to an activating group) is 1. The van der Waals surface area contributed by atoms with Crippen LogP contribution in [0.2, 0.25) is 0 Å². The Kier molecular flexibility index (Phi) is 3.09. The molecule has 13 heavy (non-hydrogen) atoms. The molecule has 3 nitrogen and oxygen atoms in total. The fourth-order valence-electron chi connectivity index (χ4n) is 2.03. The molecule has 1 aliphatic carbocycles. The summed E-state index contributed by atoms with van der Waals surface area (Å²) in [5.74, 6) is 0.195. The molecule has 1 saturated carbocycles. The molecule has 1 fully saturated rings. The van der Waals surface area contributed by atoms with Crippen molar-refractivity contribution in [3.8, 4) is 0 Å². The summed E-state index contributed by atoms with van der Waals surface area (Å²) in [6.45, 7) is 3.57. The van der Waals surface area contributed by atoms with Gasteiger partial charge in [0.1, 0.15) is 5.78 Å². The van der Waals surface area contributed by atoms with E-state index in [-0.39, 0.29) is 23.3 Å². The van der Waals surface area contributed by atoms with Gasteiger partial charge in [0.15, 0.2) is 0 Å². The molecule has 0 radical (unpaired) electrons. The number of aliphatic hydroxyl groups excluding tert-OH is 1. The van der Waals surface area contributed by atoms with Crippen LogP contribution in [0.5, 0.6) is 0 Å². The molecule has 0 bridgehead atoms. The molecule has 0 aromatic rings. The maximum Gasteiger partial charge on any atom is 0.135 e. The third-order valence-electron chi connectivity index (χ3n) is 3.35. The van der Waals surface area contributed by atoms with Crippen molar-refractivity contribution >= 4 is 5.78 Å². The highest BCUT2D eigenvalue weighted by atomic mass is 16.3. The van der Waals surface area contributed by atoms with E-state index in [0.717, 1.165) is 12.8 Å². The minimum absolute atomic E-state index is 0.160. The highest BCUT2D eigenvalue weighted by Gasteiger charge is 2.39. The van der Waals surface area contributed by atoms with Crippen LogP contribution in [0.3, 0.4) is 0 Å². The molecule has 0 spiro atoms. The lowest BCUT2D eigenvalue weighted by Gasteiger charge is -2.38. The van der Waals surface area contributed by atoms with E-state index in [4.69, 9.17) is 0 Å². The van der Waals surface area contributed by atoms with Gasteiger partial charge in [-0.25, -0.2) is 0 Å². The van der Waals surface area contributed by atoms with Gasteiger partial charge in [-0.1, -0.05) is 6.92 Å². The number of carbonyl (C=O) groups excluding carboxylic acids is 1. The Hall–Kier alpha value is -0.410. The molecule has 2 N–H and O–H groups in total. The summed E-state index contributed by atoms with van der Waals surface area (Å²) in [7, 11) is 1.85. The van der Waals surface area contributed by atoms with Crippen LogP contribution in [-0.4, -0.2) is 30.1 Å². The van der Waals surface area contributed by atoms with Gasteiger partial charge < -0.3 is 10.4 Å². The van der Waals surface area contributed by atoms with Gasteiger partial charge in [0, 0.05) is 11.5 Å². The molecule has 1 rings (SSSR count). The maximum atomic E-state index is 11.3. The predicted octanol–water partition coefficient (Wildman–Crippen LogP) is 0.714. The molecule has 3 atom stereocenters. The van der Waals surface area contributed by atoms with Crippen molar-refractivity contribution in [2.45, 2.75) is 45.3 Å². The molecule has 0 aliphatic heterocycles. The Labute approximate surface area is 79.5 Å². The van der Waals surface area contributed by atoms with Crippen LogP contribution in [0.25, 0.3) is 0 Å². The van der Waals surface area contributed by atoms with Crippen LogP contribution in [0.1, 0.15) is 33.1 Å². The summed E-state index contributed by atoms with van der Waals surface area (Å²) in [6.07, 6.45) is 1.97. The first kappa shape index (κ1) is 10.7. The van der Waals surface area contributed by atoms with Crippen molar-refractivity contribution in [1.82, 2.24) is 5.32 Å². The smallest absolute Gasteiger partial charge is 0.135 e. The number of rotatable bonds is 2. The highest BCUT2D eigenvalue weighted by Crippen LogP contribution is 2.36. The molecular formula is C10H19NO2. The van der Waals surface area contributed by atoms with E-state index in [1.54, 1.807) is 6.92 Å². The molecule has 76 valence electrons. The Morgan fingerprint density at radius 1 is 1.62 bits per heavy atom. The lowest BCUT2D eigenvalue weighted by Crippen LogP contribution is -2.47. The van der Waals surface area contributed by atoms with E-state index in [1.165, 1.54) is 0 Å². The van der Waals surface area contributed by atoms with Crippen molar-refractivity contribution in [2.75, 3.05) is 7.05 Å². The average Bonchev–Trinajstić information content (AvgIpc) is 2.04. The Bertz CT molecular complexity index is 205. The SMILES string of the molecule is CNC1CCC(C)(C(C)=O)CC1O. The molecule has 3 unspecified atom stereocenters. The van der Waals surface area contributed by atoms with Crippen LogP contribution >= 0.6 is 0 Å². The topological polar surface area (TPSA) is 49.3 Å². The second-order valence-corrected chi connectivity index (χ2v) is 4.32. The van der Waals surface area contributed by atoms with E-state index in [1.807, 2.05) is 14.0 Å². The first-order valence-electron chi connectivity index (χ1n) is 4.86. The normalized spacial score (nSPS) is 40.3. The zero-order valence-electron chi connectivity index (χ0n) is 8.63. The minimum Gasteiger partial charge on any atom is -0.391 e. The number of nitrogens with one attached hydrogen (secondary N) is 1. The fraction of sp³-hybridized carbons (Fsp3) is 0.900.